The van der Waals surface area contributed by atoms with E-state index in [1.165, 1.54) is 24.3 Å². The van der Waals surface area contributed by atoms with Crippen molar-refractivity contribution in [3.63, 3.8) is 0 Å². The first-order chi connectivity index (χ1) is 14.5. The Morgan fingerprint density at radius 1 is 1.16 bits per heavy atom. The second kappa shape index (κ2) is 10.2. The highest BCUT2D eigenvalue weighted by molar-refractivity contribution is 6.30. The summed E-state index contributed by atoms with van der Waals surface area (Å²) in [5.41, 5.74) is 0.321. The Balaban J connectivity index is 2.12. The number of nitrogens with one attached hydrogen (secondary N) is 2. The Morgan fingerprint density at radius 2 is 1.81 bits per heavy atom. The van der Waals surface area contributed by atoms with E-state index >= 15 is 0 Å². The first-order valence-corrected chi connectivity index (χ1v) is 9.49. The number of halogens is 4. The minimum Gasteiger partial charge on any atom is -0.483 e. The van der Waals surface area contributed by atoms with Crippen LogP contribution in [0.3, 0.4) is 0 Å². The number of carbonyl (C=O) groups is 2. The molecule has 0 spiro atoms. The third-order valence-electron chi connectivity index (χ3n) is 4.10. The fraction of sp³-hybridized carbons (Fsp3) is 0.286. The van der Waals surface area contributed by atoms with Gasteiger partial charge in [0.05, 0.1) is 5.56 Å². The third-order valence-corrected chi connectivity index (χ3v) is 4.35. The van der Waals surface area contributed by atoms with Crippen LogP contribution in [0.2, 0.25) is 5.02 Å². The van der Waals surface area contributed by atoms with Gasteiger partial charge in [-0.25, -0.2) is 0 Å². The van der Waals surface area contributed by atoms with E-state index in [0.29, 0.717) is 10.6 Å². The first kappa shape index (κ1) is 24.0. The Bertz CT molecular complexity index is 986. The lowest BCUT2D eigenvalue weighted by Crippen LogP contribution is -2.47. The van der Waals surface area contributed by atoms with Crippen LogP contribution < -0.4 is 15.4 Å². The molecule has 2 rings (SSSR count). The molecule has 2 aromatic rings. The molecule has 0 saturated heterocycles. The van der Waals surface area contributed by atoms with E-state index in [1.54, 1.807) is 32.0 Å². The molecule has 1 atom stereocenters. The maximum absolute atomic E-state index is 12.7. The van der Waals surface area contributed by atoms with Crippen LogP contribution in [0.25, 0.3) is 0 Å². The van der Waals surface area contributed by atoms with Gasteiger partial charge in [-0.1, -0.05) is 25.4 Å². The minimum absolute atomic E-state index is 0.173. The number of nitrogens with zero attached hydrogens (tertiary/aromatic N) is 1. The molecule has 6 nitrogen and oxygen atoms in total. The number of carbonyl (C=O) groups excluding carboxylic acids is 2. The minimum atomic E-state index is -4.55. The first-order valence-electron chi connectivity index (χ1n) is 9.11. The van der Waals surface area contributed by atoms with Crippen molar-refractivity contribution >= 4 is 29.1 Å². The van der Waals surface area contributed by atoms with Crippen molar-refractivity contribution in [1.29, 1.82) is 5.26 Å². The maximum atomic E-state index is 12.7. The van der Waals surface area contributed by atoms with Gasteiger partial charge in [-0.2, -0.15) is 18.4 Å². The van der Waals surface area contributed by atoms with Gasteiger partial charge < -0.3 is 15.4 Å². The molecule has 0 aliphatic heterocycles. The Hall–Kier alpha value is -3.25. The average Bonchev–Trinajstić information content (AvgIpc) is 2.70. The molecule has 31 heavy (non-hydrogen) atoms. The highest BCUT2D eigenvalue weighted by Crippen LogP contribution is 2.25. The maximum Gasteiger partial charge on any atom is 0.422 e. The summed E-state index contributed by atoms with van der Waals surface area (Å²) in [6, 6.07) is 10.6. The van der Waals surface area contributed by atoms with Crippen molar-refractivity contribution in [3.05, 3.63) is 58.6 Å². The zero-order chi connectivity index (χ0) is 23.2. The molecule has 0 aliphatic carbocycles. The summed E-state index contributed by atoms with van der Waals surface area (Å²) in [6.45, 7) is 1.93. The molecule has 2 amide bonds. The van der Waals surface area contributed by atoms with Crippen molar-refractivity contribution in [2.24, 2.45) is 5.92 Å². The summed E-state index contributed by atoms with van der Waals surface area (Å²) in [5.74, 6) is -1.56. The van der Waals surface area contributed by atoms with E-state index in [0.717, 1.165) is 6.07 Å². The van der Waals surface area contributed by atoms with Gasteiger partial charge in [-0.05, 0) is 48.4 Å². The van der Waals surface area contributed by atoms with Crippen molar-refractivity contribution in [1.82, 2.24) is 5.32 Å². The standard InChI is InChI=1S/C21H19ClF3N3O3/c1-12(2)18(28-19(29)13-3-5-15(22)6-4-13)20(30)27-16-7-8-17(14(9-16)10-26)31-11-21(23,24)25/h3-9,12,18H,11H2,1-2H3,(H,27,30)(H,28,29). The predicted molar refractivity (Wildman–Crippen MR) is 109 cm³/mol. The quantitative estimate of drug-likeness (QED) is 0.643. The van der Waals surface area contributed by atoms with Crippen LogP contribution >= 0.6 is 11.6 Å². The third kappa shape index (κ3) is 7.19. The van der Waals surface area contributed by atoms with Gasteiger partial charge in [0.25, 0.3) is 5.91 Å². The van der Waals surface area contributed by atoms with Gasteiger partial charge in [0.15, 0.2) is 6.61 Å². The number of hydrogen-bond donors (Lipinski definition) is 2. The average molecular weight is 454 g/mol. The zero-order valence-electron chi connectivity index (χ0n) is 16.6. The van der Waals surface area contributed by atoms with Gasteiger partial charge in [-0.3, -0.25) is 9.59 Å². The van der Waals surface area contributed by atoms with Crippen LogP contribution in [-0.4, -0.2) is 30.6 Å². The number of rotatable bonds is 7. The highest BCUT2D eigenvalue weighted by atomic mass is 35.5. The van der Waals surface area contributed by atoms with Crippen LogP contribution in [0, 0.1) is 17.2 Å². The van der Waals surface area contributed by atoms with Crippen LogP contribution in [0.1, 0.15) is 29.8 Å². The zero-order valence-corrected chi connectivity index (χ0v) is 17.3. The van der Waals surface area contributed by atoms with Crippen LogP contribution in [0.4, 0.5) is 18.9 Å². The van der Waals surface area contributed by atoms with Crippen LogP contribution in [-0.2, 0) is 4.79 Å². The van der Waals surface area contributed by atoms with E-state index in [4.69, 9.17) is 11.6 Å². The molecule has 2 aromatic carbocycles. The highest BCUT2D eigenvalue weighted by Gasteiger charge is 2.29. The van der Waals surface area contributed by atoms with Gasteiger partial charge in [0, 0.05) is 16.3 Å². The van der Waals surface area contributed by atoms with Crippen molar-refractivity contribution in [3.8, 4) is 11.8 Å². The molecule has 1 unspecified atom stereocenters. The molecule has 0 bridgehead atoms. The van der Waals surface area contributed by atoms with Gasteiger partial charge in [-0.15, -0.1) is 0 Å². The lowest BCUT2D eigenvalue weighted by atomic mass is 10.0. The Morgan fingerprint density at radius 3 is 2.35 bits per heavy atom. The number of anilines is 1. The van der Waals surface area contributed by atoms with Crippen molar-refractivity contribution < 1.29 is 27.5 Å². The van der Waals surface area contributed by atoms with E-state index in [9.17, 15) is 28.0 Å². The number of benzene rings is 2. The molecule has 0 fully saturated rings. The van der Waals surface area contributed by atoms with Crippen molar-refractivity contribution in [2.45, 2.75) is 26.1 Å². The van der Waals surface area contributed by atoms with Crippen LogP contribution in [0.5, 0.6) is 5.75 Å². The number of ether oxygens (including phenoxy) is 1. The van der Waals surface area contributed by atoms with E-state index in [1.807, 2.05) is 0 Å². The van der Waals surface area contributed by atoms with Crippen molar-refractivity contribution in [2.75, 3.05) is 11.9 Å². The smallest absolute Gasteiger partial charge is 0.422 e. The molecule has 0 aliphatic rings. The number of hydrogen-bond acceptors (Lipinski definition) is 4. The SMILES string of the molecule is CC(C)C(NC(=O)c1ccc(Cl)cc1)C(=O)Nc1ccc(OCC(F)(F)F)c(C#N)c1. The summed E-state index contributed by atoms with van der Waals surface area (Å²) in [7, 11) is 0. The summed E-state index contributed by atoms with van der Waals surface area (Å²) in [4.78, 5) is 25.1. The second-order valence-electron chi connectivity index (χ2n) is 6.92. The molecule has 0 radical (unpaired) electrons. The fourth-order valence-corrected chi connectivity index (χ4v) is 2.69. The largest absolute Gasteiger partial charge is 0.483 e. The number of nitriles is 1. The fourth-order valence-electron chi connectivity index (χ4n) is 2.56. The van der Waals surface area contributed by atoms with E-state index in [-0.39, 0.29) is 22.9 Å². The van der Waals surface area contributed by atoms with E-state index < -0.39 is 30.6 Å². The van der Waals surface area contributed by atoms with Gasteiger partial charge in [0.2, 0.25) is 5.91 Å². The lowest BCUT2D eigenvalue weighted by molar-refractivity contribution is -0.153. The molecule has 2 N–H and O–H groups in total. The van der Waals surface area contributed by atoms with Crippen LogP contribution in [0.15, 0.2) is 42.5 Å². The topological polar surface area (TPSA) is 91.2 Å². The molecular weight excluding hydrogens is 435 g/mol. The predicted octanol–water partition coefficient (Wildman–Crippen LogP) is 4.55. The summed E-state index contributed by atoms with van der Waals surface area (Å²) >= 11 is 5.81. The Kier molecular flexibility index (Phi) is 7.89. The Labute approximate surface area is 182 Å². The summed E-state index contributed by atoms with van der Waals surface area (Å²) in [5, 5.41) is 14.8. The second-order valence-corrected chi connectivity index (χ2v) is 7.35. The normalized spacial score (nSPS) is 12.1. The molecular formula is C21H19ClF3N3O3. The molecule has 0 aromatic heterocycles. The van der Waals surface area contributed by atoms with Gasteiger partial charge >= 0.3 is 6.18 Å². The number of amides is 2. The summed E-state index contributed by atoms with van der Waals surface area (Å²) in [6.07, 6.45) is -4.55. The summed E-state index contributed by atoms with van der Waals surface area (Å²) < 4.78 is 41.6. The molecule has 0 heterocycles. The van der Waals surface area contributed by atoms with E-state index in [2.05, 4.69) is 15.4 Å². The number of alkyl halides is 3. The lowest BCUT2D eigenvalue weighted by Gasteiger charge is -2.22. The monoisotopic (exact) mass is 453 g/mol. The van der Waals surface area contributed by atoms with Gasteiger partial charge in [0.1, 0.15) is 17.9 Å². The molecule has 10 heteroatoms. The molecule has 164 valence electrons. The molecule has 0 saturated carbocycles.